The Morgan fingerprint density at radius 3 is 2.49 bits per heavy atom. The quantitative estimate of drug-likeness (QED) is 0.275. The Kier molecular flexibility index (Phi) is 6.31. The first kappa shape index (κ1) is 24.7. The van der Waals surface area contributed by atoms with E-state index in [2.05, 4.69) is 0 Å². The predicted octanol–water partition coefficient (Wildman–Crippen LogP) is 6.37. The van der Waals surface area contributed by atoms with Crippen molar-refractivity contribution >= 4 is 45.9 Å². The zero-order chi connectivity index (χ0) is 26.4. The summed E-state index contributed by atoms with van der Waals surface area (Å²) in [4.78, 5) is 28.2. The van der Waals surface area contributed by atoms with Crippen LogP contribution in [0.1, 0.15) is 27.7 Å². The maximum Gasteiger partial charge on any atom is 0.290 e. The maximum atomic E-state index is 13.7. The van der Waals surface area contributed by atoms with Gasteiger partial charge in [-0.25, -0.2) is 4.39 Å². The summed E-state index contributed by atoms with van der Waals surface area (Å²) in [5.74, 6) is -2.79. The number of benzene rings is 3. The molecule has 0 saturated carbocycles. The van der Waals surface area contributed by atoms with E-state index in [1.54, 1.807) is 6.07 Å². The van der Waals surface area contributed by atoms with Crippen molar-refractivity contribution in [1.29, 1.82) is 0 Å². The number of ether oxygens (including phenoxy) is 1. The topological polar surface area (TPSA) is 100 Å². The van der Waals surface area contributed by atoms with Gasteiger partial charge in [0.1, 0.15) is 11.6 Å². The lowest BCUT2D eigenvalue weighted by molar-refractivity contribution is -0.130. The van der Waals surface area contributed by atoms with Crippen molar-refractivity contribution in [3.05, 3.63) is 105 Å². The van der Waals surface area contributed by atoms with Crippen LogP contribution in [-0.4, -0.2) is 33.9 Å². The molecule has 2 heterocycles. The molecule has 0 aliphatic carbocycles. The largest absolute Gasteiger partial charge is 0.506 e. The second kappa shape index (κ2) is 9.46. The summed E-state index contributed by atoms with van der Waals surface area (Å²) in [5.41, 5.74) is 0.960. The number of ketones is 1. The average Bonchev–Trinajstić information content (AvgIpc) is 3.41. The van der Waals surface area contributed by atoms with Gasteiger partial charge in [0.25, 0.3) is 5.91 Å². The number of phenols is 1. The molecule has 1 atom stereocenters. The smallest absolute Gasteiger partial charge is 0.290 e. The summed E-state index contributed by atoms with van der Waals surface area (Å²) < 4.78 is 24.5. The molecule has 1 unspecified atom stereocenters. The highest BCUT2D eigenvalue weighted by Gasteiger charge is 2.44. The monoisotopic (exact) mass is 541 g/mol. The first-order valence-electron chi connectivity index (χ1n) is 11.0. The summed E-state index contributed by atoms with van der Waals surface area (Å²) in [6.45, 7) is -0.0489. The van der Waals surface area contributed by atoms with Gasteiger partial charge in [-0.05, 0) is 47.5 Å². The Balaban J connectivity index is 1.62. The van der Waals surface area contributed by atoms with Crippen LogP contribution < -0.4 is 4.74 Å². The standard InChI is InChI=1S/C27H18Cl2FNO6/c1-36-21-11-16(28)8-15-10-20(37-26(15)21)24(33)22-23(14-4-7-19(32)18(29)9-14)31(27(35)25(22)34)12-13-2-5-17(30)6-3-13/h2-11,23,32,34H,12H2,1H3. The molecule has 7 nitrogen and oxygen atoms in total. The minimum atomic E-state index is -1.08. The third-order valence-corrected chi connectivity index (χ3v) is 6.61. The van der Waals surface area contributed by atoms with Gasteiger partial charge in [0, 0.05) is 23.0 Å². The van der Waals surface area contributed by atoms with E-state index < -0.39 is 29.3 Å². The number of amides is 1. The van der Waals surface area contributed by atoms with Gasteiger partial charge in [0.2, 0.25) is 5.78 Å². The number of hydrogen-bond donors (Lipinski definition) is 2. The van der Waals surface area contributed by atoms with Crippen molar-refractivity contribution in [3.63, 3.8) is 0 Å². The minimum absolute atomic E-state index is 0.00650. The summed E-state index contributed by atoms with van der Waals surface area (Å²) in [5, 5.41) is 21.7. The van der Waals surface area contributed by atoms with Crippen LogP contribution in [0.25, 0.3) is 11.0 Å². The molecule has 5 rings (SSSR count). The number of aliphatic hydroxyl groups excluding tert-OH is 1. The van der Waals surface area contributed by atoms with Crippen LogP contribution in [0, 0.1) is 5.82 Å². The number of halogens is 3. The fourth-order valence-electron chi connectivity index (χ4n) is 4.36. The normalized spacial score (nSPS) is 15.6. The number of aliphatic hydroxyl groups is 1. The molecule has 0 saturated heterocycles. The number of Topliss-reactive ketones (excluding diaryl/α,β-unsaturated/α-hetero) is 1. The second-order valence-electron chi connectivity index (χ2n) is 8.40. The Morgan fingerprint density at radius 1 is 1.08 bits per heavy atom. The molecule has 1 aliphatic rings. The predicted molar refractivity (Wildman–Crippen MR) is 135 cm³/mol. The van der Waals surface area contributed by atoms with Gasteiger partial charge >= 0.3 is 0 Å². The highest BCUT2D eigenvalue weighted by Crippen LogP contribution is 2.42. The molecule has 1 amide bonds. The lowest BCUT2D eigenvalue weighted by atomic mass is 9.94. The zero-order valence-electron chi connectivity index (χ0n) is 19.2. The van der Waals surface area contributed by atoms with E-state index >= 15 is 0 Å². The molecular formula is C27H18Cl2FNO6. The minimum Gasteiger partial charge on any atom is -0.506 e. The first-order chi connectivity index (χ1) is 17.7. The van der Waals surface area contributed by atoms with Gasteiger partial charge in [-0.1, -0.05) is 41.4 Å². The number of rotatable bonds is 6. The number of aromatic hydroxyl groups is 1. The van der Waals surface area contributed by atoms with E-state index in [1.165, 1.54) is 66.6 Å². The van der Waals surface area contributed by atoms with E-state index in [0.29, 0.717) is 27.3 Å². The maximum absolute atomic E-state index is 13.7. The van der Waals surface area contributed by atoms with Crippen molar-refractivity contribution in [2.24, 2.45) is 0 Å². The van der Waals surface area contributed by atoms with Crippen LogP contribution in [0.2, 0.25) is 10.0 Å². The Bertz CT molecular complexity index is 1590. The zero-order valence-corrected chi connectivity index (χ0v) is 20.7. The highest BCUT2D eigenvalue weighted by molar-refractivity contribution is 6.32. The number of hydrogen-bond acceptors (Lipinski definition) is 6. The lowest BCUT2D eigenvalue weighted by Gasteiger charge is -2.27. The molecule has 0 spiro atoms. The number of carbonyl (C=O) groups excluding carboxylic acids is 2. The fraction of sp³-hybridized carbons (Fsp3) is 0.111. The number of carbonyl (C=O) groups is 2. The van der Waals surface area contributed by atoms with Crippen molar-refractivity contribution in [1.82, 2.24) is 4.90 Å². The van der Waals surface area contributed by atoms with E-state index in [-0.39, 0.29) is 34.2 Å². The Morgan fingerprint density at radius 2 is 1.81 bits per heavy atom. The lowest BCUT2D eigenvalue weighted by Crippen LogP contribution is -2.30. The number of furan rings is 1. The molecule has 0 fully saturated rings. The molecular weight excluding hydrogens is 524 g/mol. The van der Waals surface area contributed by atoms with Crippen LogP contribution in [-0.2, 0) is 11.3 Å². The molecule has 4 aromatic rings. The van der Waals surface area contributed by atoms with Gasteiger partial charge in [0.15, 0.2) is 22.9 Å². The molecule has 188 valence electrons. The molecule has 37 heavy (non-hydrogen) atoms. The molecule has 10 heteroatoms. The average molecular weight is 542 g/mol. The van der Waals surface area contributed by atoms with E-state index in [9.17, 15) is 24.2 Å². The van der Waals surface area contributed by atoms with Crippen LogP contribution in [0.4, 0.5) is 4.39 Å². The number of methoxy groups -OCH3 is 1. The van der Waals surface area contributed by atoms with Crippen molar-refractivity contribution < 1.29 is 33.3 Å². The van der Waals surface area contributed by atoms with Crippen molar-refractivity contribution in [2.75, 3.05) is 7.11 Å². The highest BCUT2D eigenvalue weighted by atomic mass is 35.5. The van der Waals surface area contributed by atoms with Gasteiger partial charge < -0.3 is 24.3 Å². The second-order valence-corrected chi connectivity index (χ2v) is 9.24. The van der Waals surface area contributed by atoms with Crippen LogP contribution >= 0.6 is 23.2 Å². The molecule has 1 aromatic heterocycles. The van der Waals surface area contributed by atoms with Crippen LogP contribution in [0.15, 0.2) is 76.4 Å². The molecule has 3 aromatic carbocycles. The Hall–Kier alpha value is -4.01. The third kappa shape index (κ3) is 4.39. The summed E-state index contributed by atoms with van der Waals surface area (Å²) >= 11 is 12.3. The first-order valence-corrected chi connectivity index (χ1v) is 11.7. The summed E-state index contributed by atoms with van der Waals surface area (Å²) in [6, 6.07) is 13.2. The number of fused-ring (bicyclic) bond motifs is 1. The number of phenolic OH excluding ortho intramolecular Hbond substituents is 1. The number of nitrogens with zero attached hydrogens (tertiary/aromatic N) is 1. The molecule has 2 N–H and O–H groups in total. The van der Waals surface area contributed by atoms with E-state index in [4.69, 9.17) is 32.4 Å². The van der Waals surface area contributed by atoms with Crippen molar-refractivity contribution in [2.45, 2.75) is 12.6 Å². The van der Waals surface area contributed by atoms with Crippen LogP contribution in [0.3, 0.4) is 0 Å². The molecule has 1 aliphatic heterocycles. The van der Waals surface area contributed by atoms with Gasteiger partial charge in [0.05, 0.1) is 23.7 Å². The van der Waals surface area contributed by atoms with Gasteiger partial charge in [-0.3, -0.25) is 9.59 Å². The van der Waals surface area contributed by atoms with Crippen molar-refractivity contribution in [3.8, 4) is 11.5 Å². The Labute approximate surface area is 219 Å². The van der Waals surface area contributed by atoms with Gasteiger partial charge in [-0.15, -0.1) is 0 Å². The molecule has 0 radical (unpaired) electrons. The fourth-order valence-corrected chi connectivity index (χ4v) is 4.76. The third-order valence-electron chi connectivity index (χ3n) is 6.09. The van der Waals surface area contributed by atoms with E-state index in [1.807, 2.05) is 0 Å². The van der Waals surface area contributed by atoms with E-state index in [0.717, 1.165) is 0 Å². The van der Waals surface area contributed by atoms with Crippen LogP contribution in [0.5, 0.6) is 11.5 Å². The summed E-state index contributed by atoms with van der Waals surface area (Å²) in [6.07, 6.45) is 0. The summed E-state index contributed by atoms with van der Waals surface area (Å²) in [7, 11) is 1.43. The SMILES string of the molecule is COc1cc(Cl)cc2cc(C(=O)C3=C(O)C(=O)N(Cc4ccc(F)cc4)C3c3ccc(O)c(Cl)c3)oc12. The van der Waals surface area contributed by atoms with Gasteiger partial charge in [-0.2, -0.15) is 0 Å². The molecule has 0 bridgehead atoms.